The first-order chi connectivity index (χ1) is 15.6. The number of methoxy groups -OCH3 is 1. The number of thiazole rings is 1. The predicted molar refractivity (Wildman–Crippen MR) is 132 cm³/mol. The summed E-state index contributed by atoms with van der Waals surface area (Å²) in [6, 6.07) is 11.8. The number of aromatic nitrogens is 3. The van der Waals surface area contributed by atoms with Gasteiger partial charge in [-0.1, -0.05) is 24.3 Å². The van der Waals surface area contributed by atoms with Gasteiger partial charge in [-0.2, -0.15) is 0 Å². The Morgan fingerprint density at radius 1 is 1.22 bits per heavy atom. The normalized spacial score (nSPS) is 11.1. The molecule has 0 saturated heterocycles. The lowest BCUT2D eigenvalue weighted by Crippen LogP contribution is -2.32. The summed E-state index contributed by atoms with van der Waals surface area (Å²) in [4.78, 5) is 25.4. The molecule has 4 rings (SSSR count). The first-order valence-corrected chi connectivity index (χ1v) is 12.4. The fourth-order valence-corrected chi connectivity index (χ4v) is 5.25. The molecule has 0 radical (unpaired) electrons. The van der Waals surface area contributed by atoms with E-state index in [9.17, 15) is 4.79 Å². The van der Waals surface area contributed by atoms with Crippen LogP contribution in [0.4, 0.5) is 5.13 Å². The molecule has 1 amide bonds. The van der Waals surface area contributed by atoms with Crippen molar-refractivity contribution in [3.8, 4) is 5.75 Å². The maximum Gasteiger partial charge on any atom is 0.260 e. The molecule has 0 aliphatic heterocycles. The predicted octanol–water partition coefficient (Wildman–Crippen LogP) is 5.66. The fraction of sp³-hybridized carbons (Fsp3) is 0.292. The van der Waals surface area contributed by atoms with Crippen LogP contribution >= 0.6 is 23.1 Å². The quantitative estimate of drug-likeness (QED) is 0.298. The van der Waals surface area contributed by atoms with Crippen LogP contribution in [-0.2, 0) is 6.54 Å². The van der Waals surface area contributed by atoms with Crippen molar-refractivity contribution < 1.29 is 9.53 Å². The van der Waals surface area contributed by atoms with Crippen LogP contribution in [-0.4, -0.2) is 39.8 Å². The number of amides is 1. The van der Waals surface area contributed by atoms with Gasteiger partial charge in [-0.25, -0.2) is 9.97 Å². The maximum absolute atomic E-state index is 13.6. The van der Waals surface area contributed by atoms with Crippen LogP contribution in [0.2, 0.25) is 0 Å². The molecule has 0 aliphatic carbocycles. The Morgan fingerprint density at radius 3 is 2.72 bits per heavy atom. The number of aryl methyl sites for hydroxylation is 2. The second-order valence-corrected chi connectivity index (χ2v) is 9.64. The van der Waals surface area contributed by atoms with E-state index in [4.69, 9.17) is 9.72 Å². The Bertz CT molecular complexity index is 1190. The monoisotopic (exact) mass is 466 g/mol. The molecule has 0 N–H and O–H groups in total. The summed E-state index contributed by atoms with van der Waals surface area (Å²) in [7, 11) is 1.65. The highest BCUT2D eigenvalue weighted by atomic mass is 32.2. The van der Waals surface area contributed by atoms with Crippen molar-refractivity contribution >= 4 is 44.4 Å². The minimum Gasteiger partial charge on any atom is -0.494 e. The summed E-state index contributed by atoms with van der Waals surface area (Å²) < 4.78 is 8.58. The van der Waals surface area contributed by atoms with Crippen molar-refractivity contribution in [1.82, 2.24) is 14.5 Å². The zero-order chi connectivity index (χ0) is 22.5. The Balaban J connectivity index is 1.66. The molecular formula is C24H26N4O2S2. The number of rotatable bonds is 9. The minimum absolute atomic E-state index is 0.0423. The Morgan fingerprint density at radius 2 is 2.03 bits per heavy atom. The average Bonchev–Trinajstić information content (AvgIpc) is 3.48. The van der Waals surface area contributed by atoms with Crippen LogP contribution in [0.15, 0.2) is 60.0 Å². The Labute approximate surface area is 196 Å². The van der Waals surface area contributed by atoms with Gasteiger partial charge in [0.2, 0.25) is 0 Å². The van der Waals surface area contributed by atoms with E-state index < -0.39 is 0 Å². The molecule has 2 heterocycles. The highest BCUT2D eigenvalue weighted by molar-refractivity contribution is 7.99. The highest BCUT2D eigenvalue weighted by Crippen LogP contribution is 2.37. The van der Waals surface area contributed by atoms with Crippen LogP contribution < -0.4 is 9.64 Å². The van der Waals surface area contributed by atoms with Crippen molar-refractivity contribution in [3.05, 3.63) is 66.2 Å². The molecule has 166 valence electrons. The molecule has 0 spiro atoms. The Hall–Kier alpha value is -2.84. The third kappa shape index (κ3) is 4.81. The number of imidazole rings is 1. The third-order valence-electron chi connectivity index (χ3n) is 5.16. The van der Waals surface area contributed by atoms with Crippen molar-refractivity contribution in [2.75, 3.05) is 24.3 Å². The molecular weight excluding hydrogens is 440 g/mol. The standard InChI is InChI=1S/C24H26N4O2S2/c1-4-31-19-9-7-18(8-10-19)23(29)28(14-5-13-27-15-12-25-16-27)24-26-21-20(30-3)11-6-17(2)22(21)32-24/h6-12,15-16H,4-5,13-14H2,1-3H3. The number of nitrogens with zero attached hydrogens (tertiary/aromatic N) is 4. The molecule has 0 unspecified atom stereocenters. The molecule has 4 aromatic rings. The molecule has 2 aromatic carbocycles. The van der Waals surface area contributed by atoms with Gasteiger partial charge in [-0.3, -0.25) is 9.69 Å². The van der Waals surface area contributed by atoms with Crippen LogP contribution in [0, 0.1) is 6.92 Å². The van der Waals surface area contributed by atoms with Gasteiger partial charge >= 0.3 is 0 Å². The number of anilines is 1. The zero-order valence-corrected chi connectivity index (χ0v) is 20.1. The van der Waals surface area contributed by atoms with E-state index in [1.165, 1.54) is 11.3 Å². The maximum atomic E-state index is 13.6. The fourth-order valence-electron chi connectivity index (χ4n) is 3.51. The van der Waals surface area contributed by atoms with Gasteiger partial charge in [0.1, 0.15) is 11.3 Å². The first-order valence-electron chi connectivity index (χ1n) is 10.5. The van der Waals surface area contributed by atoms with Crippen molar-refractivity contribution in [2.24, 2.45) is 0 Å². The van der Waals surface area contributed by atoms with E-state index in [0.717, 1.165) is 45.1 Å². The first kappa shape index (κ1) is 22.4. The molecule has 32 heavy (non-hydrogen) atoms. The molecule has 0 atom stereocenters. The summed E-state index contributed by atoms with van der Waals surface area (Å²) in [6.45, 7) is 5.51. The minimum atomic E-state index is -0.0423. The lowest BCUT2D eigenvalue weighted by Gasteiger charge is -2.20. The second-order valence-electron chi connectivity index (χ2n) is 7.33. The van der Waals surface area contributed by atoms with Gasteiger partial charge in [-0.15, -0.1) is 11.8 Å². The summed E-state index contributed by atoms with van der Waals surface area (Å²) in [5.74, 6) is 1.68. The van der Waals surface area contributed by atoms with Crippen molar-refractivity contribution in [3.63, 3.8) is 0 Å². The summed E-state index contributed by atoms with van der Waals surface area (Å²) in [6.07, 6.45) is 6.28. The van der Waals surface area contributed by atoms with E-state index in [-0.39, 0.29) is 5.91 Å². The molecule has 0 aliphatic rings. The number of hydrogen-bond donors (Lipinski definition) is 0. The van der Waals surface area contributed by atoms with E-state index >= 15 is 0 Å². The second kappa shape index (κ2) is 10.2. The molecule has 0 bridgehead atoms. The number of thioether (sulfide) groups is 1. The largest absolute Gasteiger partial charge is 0.494 e. The summed E-state index contributed by atoms with van der Waals surface area (Å²) >= 11 is 3.30. The number of benzene rings is 2. The van der Waals surface area contributed by atoms with E-state index in [1.54, 1.807) is 36.3 Å². The average molecular weight is 467 g/mol. The number of carbonyl (C=O) groups is 1. The van der Waals surface area contributed by atoms with Crippen LogP contribution in [0.5, 0.6) is 5.75 Å². The molecule has 0 fully saturated rings. The smallest absolute Gasteiger partial charge is 0.260 e. The van der Waals surface area contributed by atoms with E-state index in [1.807, 2.05) is 47.2 Å². The SMILES string of the molecule is CCSc1ccc(C(=O)N(CCCn2ccnc2)c2nc3c(OC)ccc(C)c3s2)cc1. The Kier molecular flexibility index (Phi) is 7.12. The van der Waals surface area contributed by atoms with Gasteiger partial charge < -0.3 is 9.30 Å². The lowest BCUT2D eigenvalue weighted by atomic mass is 10.2. The van der Waals surface area contributed by atoms with Gasteiger partial charge in [0, 0.05) is 35.9 Å². The van der Waals surface area contributed by atoms with Crippen LogP contribution in [0.25, 0.3) is 10.2 Å². The zero-order valence-electron chi connectivity index (χ0n) is 18.4. The third-order valence-corrected chi connectivity index (χ3v) is 7.27. The lowest BCUT2D eigenvalue weighted by molar-refractivity contribution is 0.0986. The topological polar surface area (TPSA) is 60.2 Å². The molecule has 8 heteroatoms. The van der Waals surface area contributed by atoms with Gasteiger partial charge in [0.25, 0.3) is 5.91 Å². The number of ether oxygens (including phenoxy) is 1. The number of hydrogen-bond acceptors (Lipinski definition) is 6. The van der Waals surface area contributed by atoms with Crippen LogP contribution in [0.1, 0.15) is 29.3 Å². The van der Waals surface area contributed by atoms with Gasteiger partial charge in [-0.05, 0) is 55.0 Å². The summed E-state index contributed by atoms with van der Waals surface area (Å²) in [5, 5.41) is 0.690. The van der Waals surface area contributed by atoms with Gasteiger partial charge in [0.15, 0.2) is 5.13 Å². The van der Waals surface area contributed by atoms with Crippen molar-refractivity contribution in [2.45, 2.75) is 31.7 Å². The highest BCUT2D eigenvalue weighted by Gasteiger charge is 2.23. The molecule has 0 saturated carbocycles. The van der Waals surface area contributed by atoms with Gasteiger partial charge in [0.05, 0.1) is 18.1 Å². The van der Waals surface area contributed by atoms with Crippen LogP contribution in [0.3, 0.4) is 0 Å². The van der Waals surface area contributed by atoms with Crippen molar-refractivity contribution in [1.29, 1.82) is 0 Å². The molecule has 6 nitrogen and oxygen atoms in total. The molecule has 2 aromatic heterocycles. The summed E-state index contributed by atoms with van der Waals surface area (Å²) in [5.41, 5.74) is 2.59. The van der Waals surface area contributed by atoms with E-state index in [2.05, 4.69) is 18.8 Å². The number of carbonyl (C=O) groups excluding carboxylic acids is 1. The number of fused-ring (bicyclic) bond motifs is 1. The van der Waals surface area contributed by atoms with E-state index in [0.29, 0.717) is 17.2 Å².